The number of anilines is 1. The number of benzene rings is 1. The first-order valence-corrected chi connectivity index (χ1v) is 10.5. The predicted molar refractivity (Wildman–Crippen MR) is 124 cm³/mol. The summed E-state index contributed by atoms with van der Waals surface area (Å²) in [6.45, 7) is 8.30. The lowest BCUT2D eigenvalue weighted by molar-refractivity contribution is 0.468. The molecule has 1 aromatic carbocycles. The molecule has 0 aliphatic carbocycles. The van der Waals surface area contributed by atoms with Crippen molar-refractivity contribution in [1.82, 2.24) is 10.6 Å². The zero-order valence-corrected chi connectivity index (χ0v) is 19.8. The highest BCUT2D eigenvalue weighted by atomic mass is 127. The maximum absolute atomic E-state index is 13.5. The summed E-state index contributed by atoms with van der Waals surface area (Å²) in [5.74, 6) is 1.11. The average molecular weight is 510 g/mol. The number of rotatable bonds is 5. The Labute approximate surface area is 182 Å². The van der Waals surface area contributed by atoms with Gasteiger partial charge in [-0.15, -0.1) is 24.0 Å². The lowest BCUT2D eigenvalue weighted by Gasteiger charge is -2.35. The molecule has 27 heavy (non-hydrogen) atoms. The molecule has 1 aliphatic heterocycles. The van der Waals surface area contributed by atoms with Gasteiger partial charge in [0.1, 0.15) is 5.82 Å². The van der Waals surface area contributed by atoms with Crippen LogP contribution in [0.4, 0.5) is 10.1 Å². The van der Waals surface area contributed by atoms with E-state index in [2.05, 4.69) is 20.5 Å². The van der Waals surface area contributed by atoms with Crippen LogP contribution in [-0.2, 0) is 10.8 Å². The monoisotopic (exact) mass is 510 g/mol. The number of nitrogens with one attached hydrogen (secondary N) is 2. The van der Waals surface area contributed by atoms with Gasteiger partial charge in [0.2, 0.25) is 0 Å². The third kappa shape index (κ3) is 7.93. The molecule has 5 nitrogen and oxygen atoms in total. The zero-order valence-electron chi connectivity index (χ0n) is 16.6. The van der Waals surface area contributed by atoms with Gasteiger partial charge >= 0.3 is 0 Å². The molecule has 0 saturated carbocycles. The first-order valence-electron chi connectivity index (χ1n) is 9.16. The molecule has 8 heteroatoms. The molecule has 0 spiro atoms. The maximum Gasteiger partial charge on any atom is 0.191 e. The Kier molecular flexibility index (Phi) is 10.0. The van der Waals surface area contributed by atoms with E-state index in [4.69, 9.17) is 0 Å². The zero-order chi connectivity index (χ0) is 19.2. The minimum Gasteiger partial charge on any atom is -0.369 e. The largest absolute Gasteiger partial charge is 0.369 e. The fourth-order valence-corrected chi connectivity index (χ4v) is 3.86. The van der Waals surface area contributed by atoms with Crippen LogP contribution in [0.25, 0.3) is 0 Å². The van der Waals surface area contributed by atoms with E-state index in [-0.39, 0.29) is 40.6 Å². The number of hydrogen-bond donors (Lipinski definition) is 2. The van der Waals surface area contributed by atoms with Gasteiger partial charge in [-0.2, -0.15) is 0 Å². The van der Waals surface area contributed by atoms with Crippen LogP contribution in [0.15, 0.2) is 29.3 Å². The van der Waals surface area contributed by atoms with Crippen LogP contribution in [0.1, 0.15) is 33.6 Å². The van der Waals surface area contributed by atoms with Gasteiger partial charge in [0.15, 0.2) is 5.96 Å². The molecule has 0 amide bonds. The van der Waals surface area contributed by atoms with Crippen molar-refractivity contribution >= 4 is 46.4 Å². The number of piperidine rings is 1. The van der Waals surface area contributed by atoms with Gasteiger partial charge in [0.05, 0.1) is 0 Å². The van der Waals surface area contributed by atoms with Crippen molar-refractivity contribution in [2.75, 3.05) is 37.3 Å². The second kappa shape index (κ2) is 11.2. The second-order valence-corrected chi connectivity index (χ2v) is 9.89. The van der Waals surface area contributed by atoms with Gasteiger partial charge in [0.25, 0.3) is 0 Å². The SMILES string of the molecule is CN=C(NCCS(=O)C(C)(C)C)NC1CCCN(c2cccc(F)c2)C1.I. The molecule has 2 atom stereocenters. The molecule has 1 aromatic rings. The maximum atomic E-state index is 13.5. The predicted octanol–water partition coefficient (Wildman–Crippen LogP) is 3.12. The van der Waals surface area contributed by atoms with E-state index in [1.54, 1.807) is 19.2 Å². The Bertz CT molecular complexity index is 651. The molecule has 0 radical (unpaired) electrons. The molecule has 154 valence electrons. The number of guanidine groups is 1. The van der Waals surface area contributed by atoms with Crippen LogP contribution in [0.5, 0.6) is 0 Å². The summed E-state index contributed by atoms with van der Waals surface area (Å²) in [6, 6.07) is 6.98. The highest BCUT2D eigenvalue weighted by Crippen LogP contribution is 2.20. The van der Waals surface area contributed by atoms with E-state index in [1.165, 1.54) is 6.07 Å². The highest BCUT2D eigenvalue weighted by molar-refractivity contribution is 14.0. The van der Waals surface area contributed by atoms with Crippen molar-refractivity contribution < 1.29 is 8.60 Å². The minimum atomic E-state index is -0.884. The molecule has 2 N–H and O–H groups in total. The quantitative estimate of drug-likeness (QED) is 0.363. The Hall–Kier alpha value is -0.900. The molecule has 1 aliphatic rings. The molecule has 1 heterocycles. The fourth-order valence-electron chi connectivity index (χ4n) is 2.96. The Balaban J connectivity index is 0.00000364. The van der Waals surface area contributed by atoms with Crippen molar-refractivity contribution in [2.45, 2.75) is 44.4 Å². The van der Waals surface area contributed by atoms with E-state index in [0.717, 1.165) is 37.6 Å². The molecule has 0 aromatic heterocycles. The topological polar surface area (TPSA) is 56.7 Å². The molecule has 1 fully saturated rings. The summed E-state index contributed by atoms with van der Waals surface area (Å²) in [4.78, 5) is 6.47. The molecule has 2 unspecified atom stereocenters. The summed E-state index contributed by atoms with van der Waals surface area (Å²) in [6.07, 6.45) is 2.08. The summed E-state index contributed by atoms with van der Waals surface area (Å²) in [7, 11) is 0.855. The van der Waals surface area contributed by atoms with Crippen molar-refractivity contribution in [3.63, 3.8) is 0 Å². The lowest BCUT2D eigenvalue weighted by atomic mass is 10.0. The van der Waals surface area contributed by atoms with Gasteiger partial charge in [0, 0.05) is 59.7 Å². The Morgan fingerprint density at radius 1 is 1.41 bits per heavy atom. The van der Waals surface area contributed by atoms with Crippen LogP contribution in [0, 0.1) is 5.82 Å². The van der Waals surface area contributed by atoms with Crippen molar-refractivity contribution in [1.29, 1.82) is 0 Å². The minimum absolute atomic E-state index is 0. The van der Waals surface area contributed by atoms with Gasteiger partial charge in [-0.25, -0.2) is 4.39 Å². The number of halogens is 2. The molecular weight excluding hydrogens is 478 g/mol. The number of nitrogens with zero attached hydrogens (tertiary/aromatic N) is 2. The lowest BCUT2D eigenvalue weighted by Crippen LogP contribution is -2.51. The third-order valence-electron chi connectivity index (χ3n) is 4.42. The molecule has 1 saturated heterocycles. The van der Waals surface area contributed by atoms with Crippen LogP contribution < -0.4 is 15.5 Å². The molecule has 2 rings (SSSR count). The van der Waals surface area contributed by atoms with Crippen LogP contribution >= 0.6 is 24.0 Å². The summed E-state index contributed by atoms with van der Waals surface area (Å²) in [5, 5.41) is 6.69. The Morgan fingerprint density at radius 3 is 2.78 bits per heavy atom. The van der Waals surface area contributed by atoms with Crippen LogP contribution in [0.3, 0.4) is 0 Å². The van der Waals surface area contributed by atoms with Gasteiger partial charge < -0.3 is 15.5 Å². The average Bonchev–Trinajstić information content (AvgIpc) is 2.60. The van der Waals surface area contributed by atoms with Gasteiger partial charge in [-0.1, -0.05) is 6.07 Å². The summed E-state index contributed by atoms with van der Waals surface area (Å²) in [5.41, 5.74) is 0.917. The second-order valence-electron chi connectivity index (χ2n) is 7.57. The standard InChI is InChI=1S/C19H31FN4OS.HI/c1-19(2,3)26(25)12-10-22-18(21-4)23-16-8-6-11-24(14-16)17-9-5-7-15(20)13-17;/h5,7,9,13,16H,6,8,10-12,14H2,1-4H3,(H2,21,22,23);1H. The fraction of sp³-hybridized carbons (Fsp3) is 0.632. The molecular formula is C19H32FIN4OS. The van der Waals surface area contributed by atoms with E-state index in [0.29, 0.717) is 12.3 Å². The third-order valence-corrected chi connectivity index (χ3v) is 6.36. The van der Waals surface area contributed by atoms with Gasteiger partial charge in [-0.3, -0.25) is 9.20 Å². The Morgan fingerprint density at radius 2 is 2.15 bits per heavy atom. The highest BCUT2D eigenvalue weighted by Gasteiger charge is 2.22. The molecule has 0 bridgehead atoms. The van der Waals surface area contributed by atoms with E-state index < -0.39 is 10.8 Å². The van der Waals surface area contributed by atoms with Crippen LogP contribution in [0.2, 0.25) is 0 Å². The first-order chi connectivity index (χ1) is 12.3. The normalized spacial score (nSPS) is 19.2. The van der Waals surface area contributed by atoms with Crippen molar-refractivity contribution in [3.8, 4) is 0 Å². The van der Waals surface area contributed by atoms with Crippen LogP contribution in [-0.4, -0.2) is 53.4 Å². The van der Waals surface area contributed by atoms with E-state index >= 15 is 0 Å². The van der Waals surface area contributed by atoms with Crippen molar-refractivity contribution in [3.05, 3.63) is 30.1 Å². The van der Waals surface area contributed by atoms with Gasteiger partial charge in [-0.05, 0) is 51.8 Å². The summed E-state index contributed by atoms with van der Waals surface area (Å²) < 4.78 is 25.4. The first kappa shape index (κ1) is 24.1. The van der Waals surface area contributed by atoms with Crippen molar-refractivity contribution in [2.24, 2.45) is 4.99 Å². The summed E-state index contributed by atoms with van der Waals surface area (Å²) >= 11 is 0. The van der Waals surface area contributed by atoms with E-state index in [9.17, 15) is 8.60 Å². The number of aliphatic imine (C=N–C) groups is 1. The van der Waals surface area contributed by atoms with E-state index in [1.807, 2.05) is 26.8 Å². The smallest absolute Gasteiger partial charge is 0.191 e. The number of hydrogen-bond acceptors (Lipinski definition) is 3.